The van der Waals surface area contributed by atoms with Crippen LogP contribution in [-0.2, 0) is 14.7 Å². The maximum atomic E-state index is 11.5. The van der Waals surface area contributed by atoms with E-state index in [4.69, 9.17) is 4.55 Å². The number of nitrogens with one attached hydrogen (secondary N) is 1. The molecule has 18 heavy (non-hydrogen) atoms. The first-order valence-electron chi connectivity index (χ1n) is 4.91. The molecule has 0 bridgehead atoms. The topological polar surface area (TPSA) is 92.7 Å². The van der Waals surface area contributed by atoms with E-state index >= 15 is 0 Å². The second kappa shape index (κ2) is 4.73. The van der Waals surface area contributed by atoms with Gasteiger partial charge in [0.25, 0.3) is 5.91 Å². The van der Waals surface area contributed by atoms with Gasteiger partial charge in [-0.3, -0.25) is 9.35 Å². The van der Waals surface area contributed by atoms with Gasteiger partial charge in [-0.2, -0.15) is 8.42 Å². The Morgan fingerprint density at radius 1 is 1.11 bits per heavy atom. The summed E-state index contributed by atoms with van der Waals surface area (Å²) in [5.74, 6) is -0.765. The predicted molar refractivity (Wildman–Crippen MR) is 64.0 cm³/mol. The fraction of sp³-hybridized carbons (Fsp3) is 0. The Morgan fingerprint density at radius 2 is 1.78 bits per heavy atom. The lowest BCUT2D eigenvalue weighted by Gasteiger charge is -2.04. The number of carbonyl (C=O) groups is 1. The third-order valence-electron chi connectivity index (χ3n) is 2.25. The SMILES string of the molecule is O=C(NOS(=O)(=O)O)c1ccc2ccccc2c1. The summed E-state index contributed by atoms with van der Waals surface area (Å²) >= 11 is 0. The lowest BCUT2D eigenvalue weighted by atomic mass is 10.1. The number of hydrogen-bond donors (Lipinski definition) is 2. The summed E-state index contributed by atoms with van der Waals surface area (Å²) in [6, 6.07) is 12.2. The average molecular weight is 267 g/mol. The van der Waals surface area contributed by atoms with Gasteiger partial charge in [0.2, 0.25) is 0 Å². The first kappa shape index (κ1) is 12.5. The van der Waals surface area contributed by atoms with E-state index in [0.717, 1.165) is 10.8 Å². The van der Waals surface area contributed by atoms with Crippen LogP contribution in [-0.4, -0.2) is 18.9 Å². The van der Waals surface area contributed by atoms with Gasteiger partial charge in [0.1, 0.15) is 0 Å². The van der Waals surface area contributed by atoms with Crippen molar-refractivity contribution < 1.29 is 22.0 Å². The van der Waals surface area contributed by atoms with E-state index in [2.05, 4.69) is 4.28 Å². The lowest BCUT2D eigenvalue weighted by molar-refractivity contribution is 0.0743. The molecular weight excluding hydrogens is 258 g/mol. The quantitative estimate of drug-likeness (QED) is 0.646. The Bertz CT molecular complexity index is 695. The minimum absolute atomic E-state index is 0.220. The number of carbonyl (C=O) groups excluding carboxylic acids is 1. The zero-order valence-corrected chi connectivity index (χ0v) is 9.85. The molecule has 0 atom stereocenters. The fourth-order valence-electron chi connectivity index (χ4n) is 1.48. The molecule has 7 heteroatoms. The van der Waals surface area contributed by atoms with Crippen molar-refractivity contribution in [2.75, 3.05) is 0 Å². The number of hydroxylamine groups is 1. The smallest absolute Gasteiger partial charge is 0.267 e. The molecule has 0 aliphatic rings. The molecule has 0 aliphatic heterocycles. The molecule has 6 nitrogen and oxygen atoms in total. The third-order valence-corrected chi connectivity index (χ3v) is 2.55. The Hall–Kier alpha value is -1.96. The average Bonchev–Trinajstić information content (AvgIpc) is 2.34. The van der Waals surface area contributed by atoms with Gasteiger partial charge in [-0.1, -0.05) is 30.3 Å². The molecule has 0 heterocycles. The molecule has 2 aromatic rings. The molecule has 0 spiro atoms. The normalized spacial score (nSPS) is 11.4. The van der Waals surface area contributed by atoms with Crippen LogP contribution in [0.1, 0.15) is 10.4 Å². The molecule has 0 aromatic heterocycles. The summed E-state index contributed by atoms with van der Waals surface area (Å²) in [5, 5.41) is 1.78. The summed E-state index contributed by atoms with van der Waals surface area (Å²) < 4.78 is 32.7. The van der Waals surface area contributed by atoms with Crippen molar-refractivity contribution in [3.63, 3.8) is 0 Å². The van der Waals surface area contributed by atoms with Crippen LogP contribution in [0.25, 0.3) is 10.8 Å². The van der Waals surface area contributed by atoms with Crippen LogP contribution >= 0.6 is 0 Å². The highest BCUT2D eigenvalue weighted by Gasteiger charge is 2.11. The fourth-order valence-corrected chi connectivity index (χ4v) is 1.66. The molecule has 94 valence electrons. The van der Waals surface area contributed by atoms with Crippen LogP contribution in [0, 0.1) is 0 Å². The molecule has 2 aromatic carbocycles. The van der Waals surface area contributed by atoms with Crippen LogP contribution < -0.4 is 5.48 Å². The van der Waals surface area contributed by atoms with Crippen molar-refractivity contribution in [2.45, 2.75) is 0 Å². The number of fused-ring (bicyclic) bond motifs is 1. The highest BCUT2D eigenvalue weighted by atomic mass is 32.3. The van der Waals surface area contributed by atoms with Crippen molar-refractivity contribution in [1.82, 2.24) is 5.48 Å². The second-order valence-corrected chi connectivity index (χ2v) is 4.53. The van der Waals surface area contributed by atoms with Crippen LogP contribution in [0.5, 0.6) is 0 Å². The van der Waals surface area contributed by atoms with E-state index in [1.54, 1.807) is 17.6 Å². The first-order chi connectivity index (χ1) is 8.46. The highest BCUT2D eigenvalue weighted by molar-refractivity contribution is 7.80. The monoisotopic (exact) mass is 267 g/mol. The number of rotatable bonds is 3. The molecule has 0 unspecified atom stereocenters. The van der Waals surface area contributed by atoms with Gasteiger partial charge in [0, 0.05) is 5.56 Å². The van der Waals surface area contributed by atoms with Gasteiger partial charge in [0.05, 0.1) is 0 Å². The predicted octanol–water partition coefficient (Wildman–Crippen LogP) is 1.30. The molecule has 0 fully saturated rings. The molecule has 2 N–H and O–H groups in total. The van der Waals surface area contributed by atoms with E-state index in [1.807, 2.05) is 24.3 Å². The lowest BCUT2D eigenvalue weighted by Crippen LogP contribution is -2.26. The van der Waals surface area contributed by atoms with Crippen molar-refractivity contribution in [3.8, 4) is 0 Å². The minimum Gasteiger partial charge on any atom is -0.267 e. The van der Waals surface area contributed by atoms with Gasteiger partial charge in [0.15, 0.2) is 0 Å². The summed E-state index contributed by atoms with van der Waals surface area (Å²) in [6.07, 6.45) is 0. The Balaban J connectivity index is 2.23. The van der Waals surface area contributed by atoms with Gasteiger partial charge in [-0.25, -0.2) is 5.48 Å². The summed E-state index contributed by atoms with van der Waals surface area (Å²) in [6.45, 7) is 0. The maximum absolute atomic E-state index is 11.5. The zero-order valence-electron chi connectivity index (χ0n) is 9.03. The molecule has 0 saturated carbocycles. The van der Waals surface area contributed by atoms with E-state index in [-0.39, 0.29) is 5.56 Å². The van der Waals surface area contributed by atoms with Crippen molar-refractivity contribution in [3.05, 3.63) is 48.0 Å². The third kappa shape index (κ3) is 3.04. The van der Waals surface area contributed by atoms with Gasteiger partial charge in [-0.15, -0.1) is 4.28 Å². The molecule has 1 amide bonds. The van der Waals surface area contributed by atoms with Gasteiger partial charge < -0.3 is 0 Å². The number of benzene rings is 2. The second-order valence-electron chi connectivity index (χ2n) is 3.50. The number of hydrogen-bond acceptors (Lipinski definition) is 4. The molecule has 2 rings (SSSR count). The van der Waals surface area contributed by atoms with Crippen LogP contribution in [0.2, 0.25) is 0 Å². The van der Waals surface area contributed by atoms with E-state index < -0.39 is 16.3 Å². The Labute approximate surface area is 103 Å². The standard InChI is InChI=1S/C11H9NO5S/c13-11(12-17-18(14,15)16)10-6-5-8-3-1-2-4-9(8)7-10/h1-7H,(H,12,13)(H,14,15,16). The van der Waals surface area contributed by atoms with Crippen LogP contribution in [0.4, 0.5) is 0 Å². The minimum atomic E-state index is -4.70. The zero-order chi connectivity index (χ0) is 13.2. The summed E-state index contributed by atoms with van der Waals surface area (Å²) in [5.41, 5.74) is 1.85. The van der Waals surface area contributed by atoms with Crippen molar-refractivity contribution >= 4 is 27.1 Å². The van der Waals surface area contributed by atoms with E-state index in [1.165, 1.54) is 6.07 Å². The Morgan fingerprint density at radius 3 is 2.44 bits per heavy atom. The van der Waals surface area contributed by atoms with Crippen LogP contribution in [0.3, 0.4) is 0 Å². The van der Waals surface area contributed by atoms with Gasteiger partial charge in [-0.05, 0) is 22.9 Å². The Kier molecular flexibility index (Phi) is 3.28. The van der Waals surface area contributed by atoms with Crippen LogP contribution in [0.15, 0.2) is 42.5 Å². The van der Waals surface area contributed by atoms with E-state index in [9.17, 15) is 13.2 Å². The maximum Gasteiger partial charge on any atom is 0.418 e. The first-order valence-corrected chi connectivity index (χ1v) is 6.27. The number of amides is 1. The molecule has 0 saturated heterocycles. The molecule has 0 aliphatic carbocycles. The van der Waals surface area contributed by atoms with Crippen molar-refractivity contribution in [2.24, 2.45) is 0 Å². The highest BCUT2D eigenvalue weighted by Crippen LogP contribution is 2.15. The summed E-state index contributed by atoms with van der Waals surface area (Å²) in [7, 11) is -4.70. The van der Waals surface area contributed by atoms with Crippen molar-refractivity contribution in [1.29, 1.82) is 0 Å². The van der Waals surface area contributed by atoms with E-state index in [0.29, 0.717) is 0 Å². The largest absolute Gasteiger partial charge is 0.418 e. The molecule has 0 radical (unpaired) electrons. The molecular formula is C11H9NO5S. The van der Waals surface area contributed by atoms with Gasteiger partial charge >= 0.3 is 10.4 Å². The summed E-state index contributed by atoms with van der Waals surface area (Å²) in [4.78, 5) is 11.5.